The molecule has 2 amide bonds. The molecule has 25 heavy (non-hydrogen) atoms. The molecule has 0 unspecified atom stereocenters. The van der Waals surface area contributed by atoms with Crippen LogP contribution in [-0.2, 0) is 9.59 Å². The molecule has 1 saturated heterocycles. The molecule has 1 saturated carbocycles. The van der Waals surface area contributed by atoms with Crippen LogP contribution in [0.2, 0.25) is 0 Å². The number of benzene rings is 1. The number of ether oxygens (including phenoxy) is 1. The molecule has 0 N–H and O–H groups in total. The van der Waals surface area contributed by atoms with Gasteiger partial charge in [-0.15, -0.1) is 0 Å². The Morgan fingerprint density at radius 2 is 1.84 bits per heavy atom. The summed E-state index contributed by atoms with van der Waals surface area (Å²) in [6.45, 7) is 7.39. The number of amides is 2. The van der Waals surface area contributed by atoms with Crippen LogP contribution in [0.15, 0.2) is 24.3 Å². The second kappa shape index (κ2) is 7.46. The van der Waals surface area contributed by atoms with E-state index in [1.54, 1.807) is 6.92 Å². The molecule has 1 aromatic carbocycles. The van der Waals surface area contributed by atoms with Gasteiger partial charge in [0.25, 0.3) is 0 Å². The summed E-state index contributed by atoms with van der Waals surface area (Å²) in [5.41, 5.74) is 1.06. The van der Waals surface area contributed by atoms with E-state index in [0.29, 0.717) is 32.0 Å². The Labute approximate surface area is 149 Å². The summed E-state index contributed by atoms with van der Waals surface area (Å²) in [4.78, 5) is 28.3. The molecular formula is C20H28N2O3. The van der Waals surface area contributed by atoms with Gasteiger partial charge in [-0.25, -0.2) is 0 Å². The highest BCUT2D eigenvalue weighted by Gasteiger charge is 2.35. The van der Waals surface area contributed by atoms with E-state index in [-0.39, 0.29) is 24.0 Å². The van der Waals surface area contributed by atoms with Gasteiger partial charge in [0.1, 0.15) is 5.75 Å². The molecule has 5 nitrogen and oxygen atoms in total. The fraction of sp³-hybridized carbons (Fsp3) is 0.600. The Hall–Kier alpha value is -2.04. The predicted molar refractivity (Wildman–Crippen MR) is 96.3 cm³/mol. The number of nitrogens with zero attached hydrogens (tertiary/aromatic N) is 2. The van der Waals surface area contributed by atoms with Crippen molar-refractivity contribution < 1.29 is 14.3 Å². The number of rotatable bonds is 5. The lowest BCUT2D eigenvalue weighted by atomic mass is 10.0. The van der Waals surface area contributed by atoms with Crippen LogP contribution >= 0.6 is 0 Å². The van der Waals surface area contributed by atoms with Gasteiger partial charge >= 0.3 is 0 Å². The summed E-state index contributed by atoms with van der Waals surface area (Å²) in [7, 11) is 0. The maximum atomic E-state index is 12.7. The van der Waals surface area contributed by atoms with Crippen molar-refractivity contribution in [3.63, 3.8) is 0 Å². The van der Waals surface area contributed by atoms with Crippen molar-refractivity contribution in [2.45, 2.75) is 52.2 Å². The van der Waals surface area contributed by atoms with Gasteiger partial charge in [0, 0.05) is 33.0 Å². The highest BCUT2D eigenvalue weighted by atomic mass is 16.5. The Kier molecular flexibility index (Phi) is 5.30. The van der Waals surface area contributed by atoms with Crippen LogP contribution < -0.4 is 4.74 Å². The summed E-state index contributed by atoms with van der Waals surface area (Å²) in [6, 6.07) is 7.86. The average molecular weight is 344 g/mol. The van der Waals surface area contributed by atoms with Crippen molar-refractivity contribution in [3.05, 3.63) is 29.8 Å². The first kappa shape index (κ1) is 17.8. The standard InChI is InChI=1S/C20H28N2O3/c1-14(2)25-18-8-6-17(7-9-18)19-13-21(15(3)23)10-11-22(19)20(24)12-16-4-5-16/h6-9,14,16,19H,4-5,10-13H2,1-3H3/t19-/m1/s1. The largest absolute Gasteiger partial charge is 0.491 e. The highest BCUT2D eigenvalue weighted by Crippen LogP contribution is 2.35. The zero-order valence-corrected chi connectivity index (χ0v) is 15.4. The molecule has 1 atom stereocenters. The third-order valence-corrected chi connectivity index (χ3v) is 4.94. The number of hydrogen-bond acceptors (Lipinski definition) is 3. The van der Waals surface area contributed by atoms with E-state index < -0.39 is 0 Å². The SMILES string of the molecule is CC(=O)N1CCN(C(=O)CC2CC2)[C@@H](c2ccc(OC(C)C)cc2)C1. The number of carbonyl (C=O) groups is 2. The lowest BCUT2D eigenvalue weighted by Gasteiger charge is -2.41. The molecule has 136 valence electrons. The quantitative estimate of drug-likeness (QED) is 0.825. The van der Waals surface area contributed by atoms with Gasteiger partial charge in [0.2, 0.25) is 11.8 Å². The topological polar surface area (TPSA) is 49.9 Å². The minimum atomic E-state index is -0.0722. The molecule has 2 fully saturated rings. The van der Waals surface area contributed by atoms with Crippen LogP contribution in [0.1, 0.15) is 51.6 Å². The zero-order valence-electron chi connectivity index (χ0n) is 15.4. The molecule has 0 aromatic heterocycles. The first-order chi connectivity index (χ1) is 11.9. The van der Waals surface area contributed by atoms with Crippen molar-refractivity contribution in [1.29, 1.82) is 0 Å². The second-order valence-electron chi connectivity index (χ2n) is 7.45. The first-order valence-electron chi connectivity index (χ1n) is 9.25. The highest BCUT2D eigenvalue weighted by molar-refractivity contribution is 5.78. The maximum Gasteiger partial charge on any atom is 0.223 e. The van der Waals surface area contributed by atoms with E-state index in [0.717, 1.165) is 11.3 Å². The molecule has 0 bridgehead atoms. The second-order valence-corrected chi connectivity index (χ2v) is 7.45. The zero-order chi connectivity index (χ0) is 18.0. The lowest BCUT2D eigenvalue weighted by molar-refractivity contribution is -0.142. The van der Waals surface area contributed by atoms with Crippen LogP contribution in [0.25, 0.3) is 0 Å². The smallest absolute Gasteiger partial charge is 0.223 e. The summed E-state index contributed by atoms with van der Waals surface area (Å²) in [6.07, 6.45) is 3.12. The molecule has 5 heteroatoms. The molecule has 2 aliphatic rings. The van der Waals surface area contributed by atoms with Crippen molar-refractivity contribution in [1.82, 2.24) is 9.80 Å². The maximum absolute atomic E-state index is 12.7. The van der Waals surface area contributed by atoms with E-state index >= 15 is 0 Å². The fourth-order valence-corrected chi connectivity index (χ4v) is 3.38. The Morgan fingerprint density at radius 1 is 1.16 bits per heavy atom. The molecule has 1 aliphatic carbocycles. The van der Waals surface area contributed by atoms with E-state index in [4.69, 9.17) is 4.74 Å². The lowest BCUT2D eigenvalue weighted by Crippen LogP contribution is -2.51. The van der Waals surface area contributed by atoms with Gasteiger partial charge in [-0.3, -0.25) is 9.59 Å². The van der Waals surface area contributed by atoms with Crippen molar-refractivity contribution in [3.8, 4) is 5.75 Å². The number of hydrogen-bond donors (Lipinski definition) is 0. The van der Waals surface area contributed by atoms with Crippen LogP contribution in [0.5, 0.6) is 5.75 Å². The summed E-state index contributed by atoms with van der Waals surface area (Å²) >= 11 is 0. The monoisotopic (exact) mass is 344 g/mol. The minimum Gasteiger partial charge on any atom is -0.491 e. The third-order valence-electron chi connectivity index (χ3n) is 4.94. The molecular weight excluding hydrogens is 316 g/mol. The van der Waals surface area contributed by atoms with Gasteiger partial charge in [-0.1, -0.05) is 12.1 Å². The van der Waals surface area contributed by atoms with Gasteiger partial charge < -0.3 is 14.5 Å². The third kappa shape index (κ3) is 4.53. The van der Waals surface area contributed by atoms with Gasteiger partial charge in [0.05, 0.1) is 12.1 Å². The van der Waals surface area contributed by atoms with Crippen LogP contribution in [-0.4, -0.2) is 47.4 Å². The minimum absolute atomic E-state index is 0.0686. The molecule has 0 radical (unpaired) electrons. The molecule has 1 heterocycles. The Bertz CT molecular complexity index is 622. The van der Waals surface area contributed by atoms with Crippen LogP contribution in [0.3, 0.4) is 0 Å². The summed E-state index contributed by atoms with van der Waals surface area (Å²) in [5.74, 6) is 1.69. The molecule has 1 aliphatic heterocycles. The van der Waals surface area contributed by atoms with E-state index in [1.165, 1.54) is 12.8 Å². The number of piperazine rings is 1. The summed E-state index contributed by atoms with van der Waals surface area (Å²) in [5, 5.41) is 0. The van der Waals surface area contributed by atoms with E-state index in [2.05, 4.69) is 0 Å². The van der Waals surface area contributed by atoms with Crippen molar-refractivity contribution >= 4 is 11.8 Å². The fourth-order valence-electron chi connectivity index (χ4n) is 3.38. The Balaban J connectivity index is 1.78. The first-order valence-corrected chi connectivity index (χ1v) is 9.25. The number of carbonyl (C=O) groups excluding carboxylic acids is 2. The van der Waals surface area contributed by atoms with Gasteiger partial charge in [-0.2, -0.15) is 0 Å². The van der Waals surface area contributed by atoms with Crippen LogP contribution in [0.4, 0.5) is 0 Å². The van der Waals surface area contributed by atoms with Crippen molar-refractivity contribution in [2.75, 3.05) is 19.6 Å². The van der Waals surface area contributed by atoms with Gasteiger partial charge in [-0.05, 0) is 50.3 Å². The van der Waals surface area contributed by atoms with Gasteiger partial charge in [0.15, 0.2) is 0 Å². The van der Waals surface area contributed by atoms with E-state index in [9.17, 15) is 9.59 Å². The molecule has 1 aromatic rings. The normalized spacial score (nSPS) is 20.7. The van der Waals surface area contributed by atoms with E-state index in [1.807, 2.05) is 47.9 Å². The molecule has 3 rings (SSSR count). The van der Waals surface area contributed by atoms with Crippen molar-refractivity contribution in [2.24, 2.45) is 5.92 Å². The Morgan fingerprint density at radius 3 is 2.40 bits per heavy atom. The molecule has 0 spiro atoms. The van der Waals surface area contributed by atoms with Crippen LogP contribution in [0, 0.1) is 5.92 Å². The predicted octanol–water partition coefficient (Wildman–Crippen LogP) is 3.01. The average Bonchev–Trinajstić information content (AvgIpc) is 3.38. The summed E-state index contributed by atoms with van der Waals surface area (Å²) < 4.78 is 5.71.